The van der Waals surface area contributed by atoms with Gasteiger partial charge in [-0.05, 0) is 43.3 Å². The van der Waals surface area contributed by atoms with Crippen LogP contribution in [-0.2, 0) is 4.79 Å². The highest BCUT2D eigenvalue weighted by Gasteiger charge is 2.16. The van der Waals surface area contributed by atoms with Gasteiger partial charge in [0.1, 0.15) is 30.0 Å². The van der Waals surface area contributed by atoms with Crippen molar-refractivity contribution >= 4 is 5.91 Å². The van der Waals surface area contributed by atoms with Gasteiger partial charge in [0.15, 0.2) is 6.10 Å². The van der Waals surface area contributed by atoms with E-state index in [0.29, 0.717) is 11.5 Å². The molecule has 0 heterocycles. The van der Waals surface area contributed by atoms with Crippen molar-refractivity contribution in [2.24, 2.45) is 0 Å². The Morgan fingerprint density at radius 1 is 1.12 bits per heavy atom. The first-order valence-electron chi connectivity index (χ1n) is 7.60. The number of rotatable bonds is 8. The summed E-state index contributed by atoms with van der Waals surface area (Å²) in [5, 5.41) is 12.4. The molecule has 0 aliphatic heterocycles. The molecule has 0 fully saturated rings. The van der Waals surface area contributed by atoms with Crippen molar-refractivity contribution < 1.29 is 23.8 Å². The highest BCUT2D eigenvalue weighted by atomic mass is 19.1. The molecule has 2 N–H and O–H groups in total. The van der Waals surface area contributed by atoms with Crippen molar-refractivity contribution in [2.75, 3.05) is 13.2 Å². The Bertz CT molecular complexity index is 633. The van der Waals surface area contributed by atoms with E-state index in [2.05, 4.69) is 5.32 Å². The first-order chi connectivity index (χ1) is 11.5. The molecule has 0 saturated heterocycles. The van der Waals surface area contributed by atoms with Crippen LogP contribution in [0.3, 0.4) is 0 Å². The molecule has 2 unspecified atom stereocenters. The van der Waals surface area contributed by atoms with E-state index in [4.69, 9.17) is 9.47 Å². The van der Waals surface area contributed by atoms with Crippen molar-refractivity contribution in [1.29, 1.82) is 0 Å². The highest BCUT2D eigenvalue weighted by molar-refractivity contribution is 5.80. The summed E-state index contributed by atoms with van der Waals surface area (Å²) in [7, 11) is 0. The molecule has 0 aliphatic carbocycles. The number of ether oxygens (including phenoxy) is 2. The molecule has 0 aliphatic rings. The normalized spacial score (nSPS) is 13.0. The standard InChI is InChI=1S/C18H20FNO4/c1-13(24-17-5-3-2-4-6-17)18(22)20-11-15(21)12-23-16-9-7-14(19)8-10-16/h2-10,13,15,21H,11-12H2,1H3,(H,20,22). The van der Waals surface area contributed by atoms with E-state index in [1.165, 1.54) is 24.3 Å². The summed E-state index contributed by atoms with van der Waals surface area (Å²) in [5.74, 6) is 0.352. The van der Waals surface area contributed by atoms with Crippen molar-refractivity contribution in [2.45, 2.75) is 19.1 Å². The maximum Gasteiger partial charge on any atom is 0.260 e. The smallest absolute Gasteiger partial charge is 0.260 e. The van der Waals surface area contributed by atoms with Crippen molar-refractivity contribution in [3.63, 3.8) is 0 Å². The topological polar surface area (TPSA) is 67.8 Å². The zero-order valence-electron chi connectivity index (χ0n) is 13.3. The third-order valence-corrected chi connectivity index (χ3v) is 3.19. The van der Waals surface area contributed by atoms with Crippen LogP contribution in [0.2, 0.25) is 0 Å². The van der Waals surface area contributed by atoms with Gasteiger partial charge in [-0.1, -0.05) is 18.2 Å². The Labute approximate surface area is 140 Å². The maximum absolute atomic E-state index is 12.8. The summed E-state index contributed by atoms with van der Waals surface area (Å²) in [6, 6.07) is 14.5. The average Bonchev–Trinajstić information content (AvgIpc) is 2.60. The minimum atomic E-state index is -0.886. The molecule has 0 spiro atoms. The van der Waals surface area contributed by atoms with E-state index in [1.807, 2.05) is 18.2 Å². The number of aliphatic hydroxyl groups is 1. The second-order valence-corrected chi connectivity index (χ2v) is 5.24. The van der Waals surface area contributed by atoms with Crippen LogP contribution in [0.1, 0.15) is 6.92 Å². The van der Waals surface area contributed by atoms with Crippen molar-refractivity contribution in [1.82, 2.24) is 5.32 Å². The molecule has 0 bridgehead atoms. The monoisotopic (exact) mass is 333 g/mol. The fourth-order valence-electron chi connectivity index (χ4n) is 1.90. The van der Waals surface area contributed by atoms with Gasteiger partial charge in [-0.15, -0.1) is 0 Å². The van der Waals surface area contributed by atoms with Gasteiger partial charge in [0, 0.05) is 6.54 Å². The lowest BCUT2D eigenvalue weighted by Crippen LogP contribution is -2.41. The summed E-state index contributed by atoms with van der Waals surface area (Å²) >= 11 is 0. The molecule has 2 aromatic rings. The second kappa shape index (κ2) is 8.88. The first kappa shape index (κ1) is 17.7. The Hall–Kier alpha value is -2.60. The first-order valence-corrected chi connectivity index (χ1v) is 7.60. The van der Waals surface area contributed by atoms with E-state index < -0.39 is 12.2 Å². The average molecular weight is 333 g/mol. The number of carbonyl (C=O) groups is 1. The molecule has 2 atom stereocenters. The van der Waals surface area contributed by atoms with Crippen LogP contribution in [0.15, 0.2) is 54.6 Å². The van der Waals surface area contributed by atoms with Crippen LogP contribution in [-0.4, -0.2) is 36.4 Å². The van der Waals surface area contributed by atoms with Gasteiger partial charge in [-0.2, -0.15) is 0 Å². The third kappa shape index (κ3) is 5.89. The summed E-state index contributed by atoms with van der Waals surface area (Å²) in [6.45, 7) is 1.64. The molecule has 24 heavy (non-hydrogen) atoms. The van der Waals surface area contributed by atoms with Gasteiger partial charge >= 0.3 is 0 Å². The molecule has 0 radical (unpaired) electrons. The minimum absolute atomic E-state index is 0.0141. The Balaban J connectivity index is 1.69. The fraction of sp³-hybridized carbons (Fsp3) is 0.278. The molecule has 0 aromatic heterocycles. The number of amides is 1. The van der Waals surface area contributed by atoms with Crippen LogP contribution in [0.25, 0.3) is 0 Å². The number of nitrogens with one attached hydrogen (secondary N) is 1. The van der Waals surface area contributed by atoms with E-state index in [1.54, 1.807) is 19.1 Å². The molecular formula is C18H20FNO4. The van der Waals surface area contributed by atoms with E-state index >= 15 is 0 Å². The second-order valence-electron chi connectivity index (χ2n) is 5.24. The van der Waals surface area contributed by atoms with E-state index in [9.17, 15) is 14.3 Å². The van der Waals surface area contributed by atoms with Crippen LogP contribution in [0.4, 0.5) is 4.39 Å². The van der Waals surface area contributed by atoms with Gasteiger partial charge < -0.3 is 19.9 Å². The number of halogens is 1. The van der Waals surface area contributed by atoms with Crippen LogP contribution < -0.4 is 14.8 Å². The molecule has 6 heteroatoms. The summed E-state index contributed by atoms with van der Waals surface area (Å²) < 4.78 is 23.6. The number of benzene rings is 2. The summed E-state index contributed by atoms with van der Waals surface area (Å²) in [4.78, 5) is 11.9. The number of carbonyl (C=O) groups excluding carboxylic acids is 1. The van der Waals surface area contributed by atoms with E-state index in [0.717, 1.165) is 0 Å². The van der Waals surface area contributed by atoms with Crippen LogP contribution in [0.5, 0.6) is 11.5 Å². The van der Waals surface area contributed by atoms with Crippen LogP contribution >= 0.6 is 0 Å². The predicted octanol–water partition coefficient (Wildman–Crippen LogP) is 2.15. The van der Waals surface area contributed by atoms with Gasteiger partial charge in [0.05, 0.1) is 0 Å². The zero-order chi connectivity index (χ0) is 17.4. The maximum atomic E-state index is 12.8. The van der Waals surface area contributed by atoms with Gasteiger partial charge in [0.2, 0.25) is 0 Å². The van der Waals surface area contributed by atoms with E-state index in [-0.39, 0.29) is 24.9 Å². The number of aliphatic hydroxyl groups excluding tert-OH is 1. The zero-order valence-corrected chi connectivity index (χ0v) is 13.3. The number of para-hydroxylation sites is 1. The van der Waals surface area contributed by atoms with Gasteiger partial charge in [0.25, 0.3) is 5.91 Å². The quantitative estimate of drug-likeness (QED) is 0.777. The molecule has 5 nitrogen and oxygen atoms in total. The molecule has 2 aromatic carbocycles. The lowest BCUT2D eigenvalue weighted by atomic mass is 10.3. The lowest BCUT2D eigenvalue weighted by Gasteiger charge is -2.17. The van der Waals surface area contributed by atoms with Crippen molar-refractivity contribution in [3.8, 4) is 11.5 Å². The SMILES string of the molecule is CC(Oc1ccccc1)C(=O)NCC(O)COc1ccc(F)cc1. The molecule has 0 saturated carbocycles. The van der Waals surface area contributed by atoms with Gasteiger partial charge in [-0.3, -0.25) is 4.79 Å². The van der Waals surface area contributed by atoms with Gasteiger partial charge in [-0.25, -0.2) is 4.39 Å². The highest BCUT2D eigenvalue weighted by Crippen LogP contribution is 2.12. The molecule has 1 amide bonds. The summed E-state index contributed by atoms with van der Waals surface area (Å²) in [6.07, 6.45) is -1.57. The predicted molar refractivity (Wildman–Crippen MR) is 87.4 cm³/mol. The molecular weight excluding hydrogens is 313 g/mol. The Morgan fingerprint density at radius 3 is 2.46 bits per heavy atom. The minimum Gasteiger partial charge on any atom is -0.491 e. The molecule has 2 rings (SSSR count). The fourth-order valence-corrected chi connectivity index (χ4v) is 1.90. The van der Waals surface area contributed by atoms with Crippen molar-refractivity contribution in [3.05, 3.63) is 60.4 Å². The number of hydrogen-bond donors (Lipinski definition) is 2. The molecule has 128 valence electrons. The Kier molecular flexibility index (Phi) is 6.57. The van der Waals surface area contributed by atoms with Crippen LogP contribution in [0, 0.1) is 5.82 Å². The largest absolute Gasteiger partial charge is 0.491 e. The summed E-state index contributed by atoms with van der Waals surface area (Å²) in [5.41, 5.74) is 0. The Morgan fingerprint density at radius 2 is 1.79 bits per heavy atom. The third-order valence-electron chi connectivity index (χ3n) is 3.19. The number of hydrogen-bond acceptors (Lipinski definition) is 4. The lowest BCUT2D eigenvalue weighted by molar-refractivity contribution is -0.127.